The first kappa shape index (κ1) is 8.52. The number of nitrogens with zero attached hydrogens (tertiary/aromatic N) is 1. The van der Waals surface area contributed by atoms with Gasteiger partial charge in [0.25, 0.3) is 0 Å². The van der Waals surface area contributed by atoms with Gasteiger partial charge in [-0.15, -0.1) is 0 Å². The van der Waals surface area contributed by atoms with Gasteiger partial charge < -0.3 is 11.1 Å². The molecule has 4 heteroatoms. The lowest BCUT2D eigenvalue weighted by atomic mass is 10.2. The van der Waals surface area contributed by atoms with E-state index < -0.39 is 0 Å². The third kappa shape index (κ3) is 1.53. The molecule has 0 aliphatic carbocycles. The molecule has 0 unspecified atom stereocenters. The summed E-state index contributed by atoms with van der Waals surface area (Å²) in [5.41, 5.74) is 7.73. The van der Waals surface area contributed by atoms with Crippen molar-refractivity contribution < 1.29 is 0 Å². The molecule has 0 aliphatic heterocycles. The van der Waals surface area contributed by atoms with Crippen molar-refractivity contribution in [1.82, 2.24) is 4.98 Å². The van der Waals surface area contributed by atoms with Gasteiger partial charge in [-0.05, 0) is 13.0 Å². The normalized spacial score (nSPS) is 9.50. The summed E-state index contributed by atoms with van der Waals surface area (Å²) in [5.74, 6) is 0.0341. The van der Waals surface area contributed by atoms with Crippen LogP contribution in [-0.2, 0) is 0 Å². The molecular formula is C8H12N4. The number of nitrogens with one attached hydrogen (secondary N) is 2. The molecule has 0 amide bonds. The van der Waals surface area contributed by atoms with E-state index >= 15 is 0 Å². The van der Waals surface area contributed by atoms with Gasteiger partial charge in [0.2, 0.25) is 0 Å². The fraction of sp³-hybridized carbons (Fsp3) is 0.250. The summed E-state index contributed by atoms with van der Waals surface area (Å²) < 4.78 is 0. The molecule has 4 N–H and O–H groups in total. The van der Waals surface area contributed by atoms with E-state index in [1.165, 1.54) is 0 Å². The number of nitrogen functional groups attached to an aromatic ring is 1. The van der Waals surface area contributed by atoms with Crippen molar-refractivity contribution in [3.63, 3.8) is 0 Å². The number of hydrogen-bond donors (Lipinski definition) is 3. The number of hydrogen-bond acceptors (Lipinski definition) is 3. The first-order valence-corrected chi connectivity index (χ1v) is 3.64. The van der Waals surface area contributed by atoms with Crippen LogP contribution in [0.5, 0.6) is 0 Å². The second-order valence-corrected chi connectivity index (χ2v) is 2.53. The van der Waals surface area contributed by atoms with Crippen molar-refractivity contribution in [3.05, 3.63) is 23.5 Å². The molecule has 0 spiro atoms. The van der Waals surface area contributed by atoms with Crippen LogP contribution in [0.3, 0.4) is 0 Å². The molecule has 0 aliphatic rings. The highest BCUT2D eigenvalue weighted by atomic mass is 14.9. The fourth-order valence-corrected chi connectivity index (χ4v) is 0.981. The Bertz CT molecular complexity index is 306. The highest BCUT2D eigenvalue weighted by molar-refractivity contribution is 5.99. The van der Waals surface area contributed by atoms with Crippen molar-refractivity contribution in [2.45, 2.75) is 6.92 Å². The minimum Gasteiger partial charge on any atom is -0.387 e. The Balaban J connectivity index is 3.20. The maximum absolute atomic E-state index is 7.25. The molecule has 4 nitrogen and oxygen atoms in total. The number of pyridine rings is 1. The predicted octanol–water partition coefficient (Wildman–Crippen LogP) is 0.716. The number of amidine groups is 1. The van der Waals surface area contributed by atoms with E-state index in [1.807, 2.05) is 13.0 Å². The van der Waals surface area contributed by atoms with Gasteiger partial charge in [-0.25, -0.2) is 0 Å². The molecule has 1 aromatic heterocycles. The first-order valence-electron chi connectivity index (χ1n) is 3.64. The minimum absolute atomic E-state index is 0.0341. The number of anilines is 1. The van der Waals surface area contributed by atoms with Crippen LogP contribution < -0.4 is 11.1 Å². The molecule has 1 heterocycles. The smallest absolute Gasteiger partial charge is 0.126 e. The maximum atomic E-state index is 7.25. The molecule has 64 valence electrons. The molecule has 0 bridgehead atoms. The average molecular weight is 164 g/mol. The van der Waals surface area contributed by atoms with Gasteiger partial charge in [-0.2, -0.15) is 0 Å². The molecule has 1 aromatic rings. The lowest BCUT2D eigenvalue weighted by Gasteiger charge is -2.06. The molecule has 1 rings (SSSR count). The van der Waals surface area contributed by atoms with Crippen molar-refractivity contribution in [3.8, 4) is 0 Å². The van der Waals surface area contributed by atoms with Crippen LogP contribution in [0, 0.1) is 12.3 Å². The van der Waals surface area contributed by atoms with Gasteiger partial charge >= 0.3 is 0 Å². The molecule has 0 fully saturated rings. The first-order chi connectivity index (χ1) is 5.65. The number of rotatable bonds is 2. The molecule has 0 aromatic carbocycles. The van der Waals surface area contributed by atoms with Gasteiger partial charge in [0.05, 0.1) is 5.56 Å². The van der Waals surface area contributed by atoms with E-state index in [1.54, 1.807) is 13.2 Å². The highest BCUT2D eigenvalue weighted by Crippen LogP contribution is 2.13. The van der Waals surface area contributed by atoms with Crippen LogP contribution in [0.25, 0.3) is 0 Å². The second-order valence-electron chi connectivity index (χ2n) is 2.53. The number of aryl methyl sites for hydroxylation is 1. The summed E-state index contributed by atoms with van der Waals surface area (Å²) >= 11 is 0. The zero-order chi connectivity index (χ0) is 9.14. The maximum Gasteiger partial charge on any atom is 0.126 e. The van der Waals surface area contributed by atoms with Crippen molar-refractivity contribution >= 4 is 11.5 Å². The summed E-state index contributed by atoms with van der Waals surface area (Å²) in [7, 11) is 1.79. The Morgan fingerprint density at radius 1 is 1.67 bits per heavy atom. The van der Waals surface area contributed by atoms with E-state index in [4.69, 9.17) is 11.1 Å². The Kier molecular flexibility index (Phi) is 2.28. The van der Waals surface area contributed by atoms with Gasteiger partial charge in [-0.1, -0.05) is 0 Å². The Morgan fingerprint density at radius 3 is 2.83 bits per heavy atom. The minimum atomic E-state index is 0.0341. The second kappa shape index (κ2) is 3.21. The summed E-state index contributed by atoms with van der Waals surface area (Å²) in [5, 5.41) is 10.2. The van der Waals surface area contributed by atoms with Gasteiger partial charge in [-0.3, -0.25) is 10.4 Å². The van der Waals surface area contributed by atoms with Crippen molar-refractivity contribution in [1.29, 1.82) is 5.41 Å². The van der Waals surface area contributed by atoms with Crippen LogP contribution in [0.15, 0.2) is 12.3 Å². The molecule has 0 saturated carbocycles. The standard InChI is InChI=1S/C8H12N4/c1-5-3-7(11-2)6(4-12-5)8(9)10/h3-4H,1-2H3,(H3,9,10)(H,11,12). The Hall–Kier alpha value is -1.58. The summed E-state index contributed by atoms with van der Waals surface area (Å²) in [6.07, 6.45) is 1.60. The summed E-state index contributed by atoms with van der Waals surface area (Å²) in [4.78, 5) is 4.05. The van der Waals surface area contributed by atoms with Crippen molar-refractivity contribution in [2.75, 3.05) is 12.4 Å². The lowest BCUT2D eigenvalue weighted by Crippen LogP contribution is -2.14. The van der Waals surface area contributed by atoms with Gasteiger partial charge in [0.15, 0.2) is 0 Å². The number of aromatic nitrogens is 1. The van der Waals surface area contributed by atoms with Crippen LogP contribution in [0.1, 0.15) is 11.3 Å². The monoisotopic (exact) mass is 164 g/mol. The molecular weight excluding hydrogens is 152 g/mol. The largest absolute Gasteiger partial charge is 0.387 e. The van der Waals surface area contributed by atoms with Crippen LogP contribution in [-0.4, -0.2) is 17.9 Å². The van der Waals surface area contributed by atoms with Crippen LogP contribution in [0.4, 0.5) is 5.69 Å². The summed E-state index contributed by atoms with van der Waals surface area (Å²) in [6.45, 7) is 1.89. The number of nitrogens with two attached hydrogens (primary N) is 1. The van der Waals surface area contributed by atoms with E-state index in [0.29, 0.717) is 5.56 Å². The van der Waals surface area contributed by atoms with Gasteiger partial charge in [0.1, 0.15) is 5.84 Å². The topological polar surface area (TPSA) is 74.8 Å². The lowest BCUT2D eigenvalue weighted by molar-refractivity contribution is 1.18. The Labute approximate surface area is 71.3 Å². The van der Waals surface area contributed by atoms with Crippen LogP contribution >= 0.6 is 0 Å². The SMILES string of the molecule is CNc1cc(C)ncc1C(=N)N. The fourth-order valence-electron chi connectivity index (χ4n) is 0.981. The molecule has 12 heavy (non-hydrogen) atoms. The third-order valence-corrected chi connectivity index (χ3v) is 1.60. The van der Waals surface area contributed by atoms with E-state index in [-0.39, 0.29) is 5.84 Å². The predicted molar refractivity (Wildman–Crippen MR) is 49.5 cm³/mol. The van der Waals surface area contributed by atoms with E-state index in [9.17, 15) is 0 Å². The van der Waals surface area contributed by atoms with E-state index in [0.717, 1.165) is 11.4 Å². The molecule has 0 saturated heterocycles. The van der Waals surface area contributed by atoms with E-state index in [2.05, 4.69) is 10.3 Å². The van der Waals surface area contributed by atoms with Crippen LogP contribution in [0.2, 0.25) is 0 Å². The quantitative estimate of drug-likeness (QED) is 0.445. The zero-order valence-corrected chi connectivity index (χ0v) is 7.18. The van der Waals surface area contributed by atoms with Gasteiger partial charge in [0, 0.05) is 24.6 Å². The Morgan fingerprint density at radius 2 is 2.33 bits per heavy atom. The average Bonchev–Trinajstić information content (AvgIpc) is 2.03. The highest BCUT2D eigenvalue weighted by Gasteiger charge is 2.03. The molecule has 0 radical (unpaired) electrons. The zero-order valence-electron chi connectivity index (χ0n) is 7.18. The van der Waals surface area contributed by atoms with Crippen molar-refractivity contribution in [2.24, 2.45) is 5.73 Å². The third-order valence-electron chi connectivity index (χ3n) is 1.60. The molecule has 0 atom stereocenters. The summed E-state index contributed by atoms with van der Waals surface area (Å²) in [6, 6.07) is 1.86.